The molecule has 2 rings (SSSR count). The molecule has 0 aliphatic carbocycles. The van der Waals surface area contributed by atoms with Crippen molar-refractivity contribution in [1.29, 1.82) is 0 Å². The van der Waals surface area contributed by atoms with Crippen molar-refractivity contribution in [3.63, 3.8) is 0 Å². The highest BCUT2D eigenvalue weighted by Gasteiger charge is 2.21. The smallest absolute Gasteiger partial charge is 0.116 e. The molecule has 0 aromatic heterocycles. The van der Waals surface area contributed by atoms with E-state index >= 15 is 0 Å². The molecule has 21 heavy (non-hydrogen) atoms. The molecule has 4 nitrogen and oxygen atoms in total. The van der Waals surface area contributed by atoms with Crippen molar-refractivity contribution in [1.82, 2.24) is 10.2 Å². The Labute approximate surface area is 127 Å². The predicted octanol–water partition coefficient (Wildman–Crippen LogP) is 2.40. The van der Waals surface area contributed by atoms with E-state index in [1.54, 1.807) is 6.20 Å². The van der Waals surface area contributed by atoms with Crippen molar-refractivity contribution in [3.8, 4) is 0 Å². The van der Waals surface area contributed by atoms with Crippen LogP contribution < -0.4 is 11.1 Å². The van der Waals surface area contributed by atoms with Crippen LogP contribution in [0.5, 0.6) is 0 Å². The molecule has 0 radical (unpaired) electrons. The van der Waals surface area contributed by atoms with Crippen LogP contribution in [0, 0.1) is 0 Å². The van der Waals surface area contributed by atoms with Gasteiger partial charge in [-0.15, -0.1) is 0 Å². The van der Waals surface area contributed by atoms with Gasteiger partial charge in [0.2, 0.25) is 0 Å². The number of nitrogens with zero attached hydrogens (tertiary/aromatic N) is 1. The lowest BCUT2D eigenvalue weighted by Crippen LogP contribution is -2.33. The van der Waals surface area contributed by atoms with Gasteiger partial charge in [-0.2, -0.15) is 0 Å². The molecule has 0 saturated carbocycles. The second kappa shape index (κ2) is 6.57. The molecular weight excluding hydrogens is 262 g/mol. The summed E-state index contributed by atoms with van der Waals surface area (Å²) in [5.41, 5.74) is 11.2. The second-order valence-electron chi connectivity index (χ2n) is 5.39. The Balaban J connectivity index is 2.29. The van der Waals surface area contributed by atoms with Crippen LogP contribution in [0.2, 0.25) is 0 Å². The lowest BCUT2D eigenvalue weighted by Gasteiger charge is -2.34. The van der Waals surface area contributed by atoms with Gasteiger partial charge in [0.05, 0.1) is 5.70 Å². The Bertz CT molecular complexity index is 540. The number of ether oxygens (including phenoxy) is 1. The van der Waals surface area contributed by atoms with Gasteiger partial charge in [-0.3, -0.25) is 0 Å². The SMILES string of the molecule is C=C/C(=C(/C)C1=C(C)OCCN1)N1CC/C(=C/N)C(=C)C1. The molecular formula is C17H25N3O. The van der Waals surface area contributed by atoms with Gasteiger partial charge in [0.15, 0.2) is 0 Å². The summed E-state index contributed by atoms with van der Waals surface area (Å²) in [5.74, 6) is 0.941. The fourth-order valence-electron chi connectivity index (χ4n) is 2.87. The third-order valence-electron chi connectivity index (χ3n) is 4.06. The standard InChI is InChI=1S/C17H25N3O/c1-5-16(13(3)17-14(4)21-9-7-19-17)20-8-6-15(10-18)12(2)11-20/h5,10,19H,1-2,6-9,11,18H2,3-4H3/b15-10-,16-13+. The first-order chi connectivity index (χ1) is 10.1. The fraction of sp³-hybridized carbons (Fsp3) is 0.412. The van der Waals surface area contributed by atoms with Gasteiger partial charge < -0.3 is 20.7 Å². The number of rotatable bonds is 3. The summed E-state index contributed by atoms with van der Waals surface area (Å²) in [6.45, 7) is 15.5. The van der Waals surface area contributed by atoms with E-state index in [0.29, 0.717) is 0 Å². The van der Waals surface area contributed by atoms with Crippen molar-refractivity contribution in [2.45, 2.75) is 20.3 Å². The van der Waals surface area contributed by atoms with E-state index < -0.39 is 0 Å². The van der Waals surface area contributed by atoms with E-state index in [1.165, 1.54) is 0 Å². The fourth-order valence-corrected chi connectivity index (χ4v) is 2.87. The highest BCUT2D eigenvalue weighted by atomic mass is 16.5. The van der Waals surface area contributed by atoms with Gasteiger partial charge in [-0.1, -0.05) is 13.2 Å². The summed E-state index contributed by atoms with van der Waals surface area (Å²) in [6, 6.07) is 0. The highest BCUT2D eigenvalue weighted by Crippen LogP contribution is 2.27. The quantitative estimate of drug-likeness (QED) is 0.783. The van der Waals surface area contributed by atoms with Gasteiger partial charge in [0.25, 0.3) is 0 Å². The van der Waals surface area contributed by atoms with Crippen LogP contribution in [0.3, 0.4) is 0 Å². The van der Waals surface area contributed by atoms with Crippen LogP contribution in [0.25, 0.3) is 0 Å². The lowest BCUT2D eigenvalue weighted by atomic mass is 9.98. The maximum atomic E-state index is 5.64. The Morgan fingerprint density at radius 1 is 1.48 bits per heavy atom. The monoisotopic (exact) mass is 287 g/mol. The number of piperidine rings is 1. The van der Waals surface area contributed by atoms with Crippen LogP contribution in [-0.4, -0.2) is 31.1 Å². The molecule has 2 aliphatic rings. The normalized spacial score (nSPS) is 22.7. The van der Waals surface area contributed by atoms with Crippen molar-refractivity contribution < 1.29 is 4.74 Å². The van der Waals surface area contributed by atoms with E-state index in [4.69, 9.17) is 10.5 Å². The minimum Gasteiger partial charge on any atom is -0.494 e. The summed E-state index contributed by atoms with van der Waals surface area (Å²) >= 11 is 0. The third-order valence-corrected chi connectivity index (χ3v) is 4.06. The summed E-state index contributed by atoms with van der Waals surface area (Å²) in [6.07, 6.45) is 4.51. The van der Waals surface area contributed by atoms with E-state index in [2.05, 4.69) is 30.3 Å². The largest absolute Gasteiger partial charge is 0.494 e. The molecule has 0 aromatic rings. The molecule has 2 heterocycles. The van der Waals surface area contributed by atoms with E-state index in [-0.39, 0.29) is 0 Å². The summed E-state index contributed by atoms with van der Waals surface area (Å²) in [5, 5.41) is 3.42. The van der Waals surface area contributed by atoms with Crippen molar-refractivity contribution in [2.24, 2.45) is 5.73 Å². The van der Waals surface area contributed by atoms with Crippen LogP contribution in [0.1, 0.15) is 20.3 Å². The molecule has 0 aromatic carbocycles. The van der Waals surface area contributed by atoms with E-state index in [9.17, 15) is 0 Å². The first-order valence-corrected chi connectivity index (χ1v) is 7.33. The van der Waals surface area contributed by atoms with Crippen LogP contribution in [0.15, 0.2) is 59.3 Å². The topological polar surface area (TPSA) is 50.5 Å². The number of hydrogen-bond donors (Lipinski definition) is 2. The average Bonchev–Trinajstić information content (AvgIpc) is 2.48. The summed E-state index contributed by atoms with van der Waals surface area (Å²) in [7, 11) is 0. The van der Waals surface area contributed by atoms with E-state index in [1.807, 2.05) is 13.0 Å². The first-order valence-electron chi connectivity index (χ1n) is 7.33. The zero-order valence-corrected chi connectivity index (χ0v) is 13.0. The van der Waals surface area contributed by atoms with E-state index in [0.717, 1.165) is 66.5 Å². The number of nitrogens with two attached hydrogens (primary N) is 1. The molecule has 2 aliphatic heterocycles. The Morgan fingerprint density at radius 3 is 2.81 bits per heavy atom. The molecule has 1 fully saturated rings. The number of nitrogens with one attached hydrogen (secondary N) is 1. The molecule has 0 bridgehead atoms. The van der Waals surface area contributed by atoms with Crippen LogP contribution in [-0.2, 0) is 4.74 Å². The highest BCUT2D eigenvalue weighted by molar-refractivity contribution is 5.41. The molecule has 0 atom stereocenters. The minimum absolute atomic E-state index is 0.719. The minimum atomic E-state index is 0.719. The van der Waals surface area contributed by atoms with Gasteiger partial charge >= 0.3 is 0 Å². The molecule has 0 amide bonds. The van der Waals surface area contributed by atoms with Gasteiger partial charge in [0.1, 0.15) is 12.4 Å². The number of allylic oxidation sites excluding steroid dienone is 3. The van der Waals surface area contributed by atoms with Crippen LogP contribution >= 0.6 is 0 Å². The Morgan fingerprint density at radius 2 is 2.24 bits per heavy atom. The van der Waals surface area contributed by atoms with Gasteiger partial charge in [-0.25, -0.2) is 0 Å². The van der Waals surface area contributed by atoms with Gasteiger partial charge in [0, 0.05) is 25.3 Å². The Kier molecular flexibility index (Phi) is 4.78. The van der Waals surface area contributed by atoms with Gasteiger partial charge in [-0.05, 0) is 49.3 Å². The predicted molar refractivity (Wildman–Crippen MR) is 87.2 cm³/mol. The number of hydrogen-bond acceptors (Lipinski definition) is 4. The maximum Gasteiger partial charge on any atom is 0.116 e. The number of likely N-dealkylation sites (tertiary alicyclic amines) is 1. The second-order valence-corrected chi connectivity index (χ2v) is 5.39. The molecule has 114 valence electrons. The average molecular weight is 287 g/mol. The molecule has 3 N–H and O–H groups in total. The van der Waals surface area contributed by atoms with Crippen LogP contribution in [0.4, 0.5) is 0 Å². The van der Waals surface area contributed by atoms with Crippen molar-refractivity contribution in [3.05, 3.63) is 59.3 Å². The third kappa shape index (κ3) is 3.15. The molecule has 0 unspecified atom stereocenters. The summed E-state index contributed by atoms with van der Waals surface area (Å²) in [4.78, 5) is 2.30. The lowest BCUT2D eigenvalue weighted by molar-refractivity contribution is 0.194. The molecule has 1 saturated heterocycles. The zero-order valence-electron chi connectivity index (χ0n) is 13.0. The Hall–Kier alpha value is -2.10. The van der Waals surface area contributed by atoms with Crippen molar-refractivity contribution >= 4 is 0 Å². The maximum absolute atomic E-state index is 5.64. The molecule has 0 spiro atoms. The van der Waals surface area contributed by atoms with Crippen molar-refractivity contribution in [2.75, 3.05) is 26.2 Å². The molecule has 4 heteroatoms. The first kappa shape index (κ1) is 15.3. The zero-order chi connectivity index (χ0) is 15.4. The summed E-state index contributed by atoms with van der Waals surface area (Å²) < 4.78 is 5.64.